The van der Waals surface area contributed by atoms with E-state index in [1.807, 2.05) is 0 Å². The van der Waals surface area contributed by atoms with E-state index in [1.54, 1.807) is 6.07 Å². The zero-order valence-electron chi connectivity index (χ0n) is 11.6. The van der Waals surface area contributed by atoms with Gasteiger partial charge in [-0.3, -0.25) is 4.79 Å². The Bertz CT molecular complexity index is 423. The van der Waals surface area contributed by atoms with Crippen molar-refractivity contribution in [2.45, 2.75) is 52.0 Å². The van der Waals surface area contributed by atoms with Crippen molar-refractivity contribution in [1.29, 1.82) is 0 Å². The minimum Gasteiger partial charge on any atom is -0.382 e. The first kappa shape index (κ1) is 15.8. The minimum absolute atomic E-state index is 0.135. The molecule has 1 aromatic rings. The number of nitrogen functional groups attached to an aromatic ring is 1. The molecule has 0 saturated heterocycles. The first-order valence-electron chi connectivity index (χ1n) is 6.80. The van der Waals surface area contributed by atoms with E-state index in [2.05, 4.69) is 24.1 Å². The van der Waals surface area contributed by atoms with Crippen LogP contribution in [0.1, 0.15) is 56.3 Å². The van der Waals surface area contributed by atoms with Crippen molar-refractivity contribution in [3.05, 3.63) is 22.8 Å². The van der Waals surface area contributed by atoms with E-state index in [1.165, 1.54) is 6.20 Å². The van der Waals surface area contributed by atoms with E-state index >= 15 is 0 Å². The van der Waals surface area contributed by atoms with Crippen LogP contribution in [0.3, 0.4) is 0 Å². The molecule has 3 N–H and O–H groups in total. The lowest BCUT2D eigenvalue weighted by Gasteiger charge is -2.17. The number of hydrogen-bond donors (Lipinski definition) is 2. The first-order valence-corrected chi connectivity index (χ1v) is 7.18. The van der Waals surface area contributed by atoms with Crippen molar-refractivity contribution < 1.29 is 4.79 Å². The maximum atomic E-state index is 12.1. The molecule has 1 aromatic heterocycles. The van der Waals surface area contributed by atoms with Crippen LogP contribution in [0.5, 0.6) is 0 Å². The van der Waals surface area contributed by atoms with Gasteiger partial charge in [-0.1, -0.05) is 44.7 Å². The van der Waals surface area contributed by atoms with Crippen molar-refractivity contribution >= 4 is 23.3 Å². The summed E-state index contributed by atoms with van der Waals surface area (Å²) in [6.45, 7) is 4.27. The van der Waals surface area contributed by atoms with Crippen LogP contribution in [0.25, 0.3) is 0 Å². The van der Waals surface area contributed by atoms with Crippen molar-refractivity contribution in [2.24, 2.45) is 0 Å². The molecular formula is C14H22ClN3O. The topological polar surface area (TPSA) is 68.0 Å². The number of halogens is 1. The molecule has 106 valence electrons. The van der Waals surface area contributed by atoms with Crippen LogP contribution < -0.4 is 11.1 Å². The molecule has 0 aliphatic carbocycles. The highest BCUT2D eigenvalue weighted by Crippen LogP contribution is 2.17. The largest absolute Gasteiger partial charge is 0.382 e. The van der Waals surface area contributed by atoms with E-state index in [9.17, 15) is 4.79 Å². The minimum atomic E-state index is -0.135. The van der Waals surface area contributed by atoms with Crippen LogP contribution in [0, 0.1) is 0 Å². The van der Waals surface area contributed by atoms with Gasteiger partial charge in [0, 0.05) is 12.2 Å². The van der Waals surface area contributed by atoms with E-state index in [4.69, 9.17) is 17.3 Å². The van der Waals surface area contributed by atoms with Crippen LogP contribution in [0.4, 0.5) is 5.82 Å². The number of amides is 1. The molecule has 1 heterocycles. The lowest BCUT2D eigenvalue weighted by molar-refractivity contribution is 0.0932. The van der Waals surface area contributed by atoms with Crippen LogP contribution in [0.2, 0.25) is 5.02 Å². The molecule has 19 heavy (non-hydrogen) atoms. The summed E-state index contributed by atoms with van der Waals surface area (Å²) in [6, 6.07) is 1.77. The van der Waals surface area contributed by atoms with Gasteiger partial charge >= 0.3 is 0 Å². The zero-order chi connectivity index (χ0) is 14.3. The molecule has 0 spiro atoms. The molecule has 1 amide bonds. The van der Waals surface area contributed by atoms with Gasteiger partial charge in [0.1, 0.15) is 5.82 Å². The smallest absolute Gasteiger partial charge is 0.253 e. The predicted octanol–water partition coefficient (Wildman–Crippen LogP) is 3.41. The molecule has 5 heteroatoms. The molecule has 4 nitrogen and oxygen atoms in total. The SMILES string of the molecule is CCCCC(CCC)NC(=O)c1cnc(N)c(Cl)c1. The zero-order valence-corrected chi connectivity index (χ0v) is 12.3. The maximum absolute atomic E-state index is 12.1. The Morgan fingerprint density at radius 3 is 2.74 bits per heavy atom. The summed E-state index contributed by atoms with van der Waals surface area (Å²) in [5.74, 6) is 0.110. The average Bonchev–Trinajstić information content (AvgIpc) is 2.39. The molecule has 0 radical (unpaired) electrons. The lowest BCUT2D eigenvalue weighted by Crippen LogP contribution is -2.34. The molecule has 0 aromatic carbocycles. The number of unbranched alkanes of at least 4 members (excludes halogenated alkanes) is 1. The number of hydrogen-bond acceptors (Lipinski definition) is 3. The van der Waals surface area contributed by atoms with Crippen molar-refractivity contribution in [2.75, 3.05) is 5.73 Å². The lowest BCUT2D eigenvalue weighted by atomic mass is 10.0. The number of nitrogens with zero attached hydrogens (tertiary/aromatic N) is 1. The van der Waals surface area contributed by atoms with Gasteiger partial charge in [0.2, 0.25) is 0 Å². The van der Waals surface area contributed by atoms with Gasteiger partial charge in [-0.2, -0.15) is 0 Å². The molecular weight excluding hydrogens is 262 g/mol. The monoisotopic (exact) mass is 283 g/mol. The molecule has 0 fully saturated rings. The Labute approximate surface area is 119 Å². The molecule has 0 saturated carbocycles. The number of carbonyl (C=O) groups excluding carboxylic acids is 1. The Hall–Kier alpha value is -1.29. The van der Waals surface area contributed by atoms with E-state index in [0.29, 0.717) is 10.6 Å². The summed E-state index contributed by atoms with van der Waals surface area (Å²) in [5, 5.41) is 3.35. The quantitative estimate of drug-likeness (QED) is 0.806. The first-order chi connectivity index (χ1) is 9.08. The number of aromatic nitrogens is 1. The summed E-state index contributed by atoms with van der Waals surface area (Å²) in [4.78, 5) is 16.0. The third kappa shape index (κ3) is 5.07. The normalized spacial score (nSPS) is 12.2. The average molecular weight is 284 g/mol. The van der Waals surface area contributed by atoms with Crippen LogP contribution in [0.15, 0.2) is 12.3 Å². The summed E-state index contributed by atoms with van der Waals surface area (Å²) in [7, 11) is 0. The fourth-order valence-electron chi connectivity index (χ4n) is 1.93. The third-order valence-electron chi connectivity index (χ3n) is 3.01. The third-order valence-corrected chi connectivity index (χ3v) is 3.31. The van der Waals surface area contributed by atoms with Gasteiger partial charge < -0.3 is 11.1 Å². The van der Waals surface area contributed by atoms with Gasteiger partial charge in [-0.05, 0) is 18.9 Å². The summed E-state index contributed by atoms with van der Waals surface area (Å²) < 4.78 is 0. The van der Waals surface area contributed by atoms with E-state index in [-0.39, 0.29) is 17.8 Å². The number of pyridine rings is 1. The molecule has 0 aliphatic heterocycles. The second kappa shape index (κ2) is 8.00. The van der Waals surface area contributed by atoms with Crippen molar-refractivity contribution in [3.63, 3.8) is 0 Å². The number of anilines is 1. The van der Waals surface area contributed by atoms with Crippen molar-refractivity contribution in [1.82, 2.24) is 10.3 Å². The summed E-state index contributed by atoms with van der Waals surface area (Å²) >= 11 is 5.87. The van der Waals surface area contributed by atoms with Gasteiger partial charge in [0.15, 0.2) is 0 Å². The number of rotatable bonds is 7. The molecule has 1 rings (SSSR count). The van der Waals surface area contributed by atoms with E-state index in [0.717, 1.165) is 32.1 Å². The molecule has 0 bridgehead atoms. The number of nitrogens with two attached hydrogens (primary N) is 1. The van der Waals surface area contributed by atoms with Crippen molar-refractivity contribution in [3.8, 4) is 0 Å². The van der Waals surface area contributed by atoms with Gasteiger partial charge in [-0.15, -0.1) is 0 Å². The maximum Gasteiger partial charge on any atom is 0.253 e. The molecule has 0 aliphatic rings. The Morgan fingerprint density at radius 1 is 1.42 bits per heavy atom. The fraction of sp³-hybridized carbons (Fsp3) is 0.571. The molecule has 1 atom stereocenters. The highest BCUT2D eigenvalue weighted by molar-refractivity contribution is 6.33. The predicted molar refractivity (Wildman–Crippen MR) is 79.3 cm³/mol. The number of nitrogens with one attached hydrogen (secondary N) is 1. The summed E-state index contributed by atoms with van der Waals surface area (Å²) in [6.07, 6.45) is 6.75. The second-order valence-electron chi connectivity index (χ2n) is 4.69. The van der Waals surface area contributed by atoms with Gasteiger partial charge in [0.25, 0.3) is 5.91 Å². The highest BCUT2D eigenvalue weighted by atomic mass is 35.5. The number of carbonyl (C=O) groups is 1. The van der Waals surface area contributed by atoms with E-state index < -0.39 is 0 Å². The Morgan fingerprint density at radius 2 is 2.16 bits per heavy atom. The fourth-order valence-corrected chi connectivity index (χ4v) is 2.10. The van der Waals surface area contributed by atoms with Crippen LogP contribution in [-0.2, 0) is 0 Å². The summed E-state index contributed by atoms with van der Waals surface area (Å²) in [5.41, 5.74) is 5.98. The molecule has 1 unspecified atom stereocenters. The second-order valence-corrected chi connectivity index (χ2v) is 5.10. The van der Waals surface area contributed by atoms with Gasteiger partial charge in [-0.25, -0.2) is 4.98 Å². The van der Waals surface area contributed by atoms with Gasteiger partial charge in [0.05, 0.1) is 10.6 Å². The van der Waals surface area contributed by atoms with Crippen LogP contribution in [-0.4, -0.2) is 16.9 Å². The standard InChI is InChI=1S/C14H22ClN3O/c1-3-5-7-11(6-4-2)18-14(19)10-8-12(15)13(16)17-9-10/h8-9,11H,3-7H2,1-2H3,(H2,16,17)(H,18,19). The Balaban J connectivity index is 2.66. The van der Waals surface area contributed by atoms with Crippen LogP contribution >= 0.6 is 11.6 Å². The highest BCUT2D eigenvalue weighted by Gasteiger charge is 2.14. The Kier molecular flexibility index (Phi) is 6.64.